The highest BCUT2D eigenvalue weighted by molar-refractivity contribution is 7.99. The summed E-state index contributed by atoms with van der Waals surface area (Å²) < 4.78 is 1.28. The van der Waals surface area contributed by atoms with E-state index < -0.39 is 0 Å². The van der Waals surface area contributed by atoms with Crippen LogP contribution in [0, 0.1) is 0 Å². The van der Waals surface area contributed by atoms with Gasteiger partial charge in [-0.3, -0.25) is 0 Å². The van der Waals surface area contributed by atoms with Crippen LogP contribution in [0.4, 0.5) is 0 Å². The number of para-hydroxylation sites is 1. The fraction of sp³-hybridized carbons (Fsp3) is 0.533. The molecule has 2 atom stereocenters. The Morgan fingerprint density at radius 3 is 2.84 bits per heavy atom. The van der Waals surface area contributed by atoms with Crippen LogP contribution in [0.2, 0.25) is 0 Å². The van der Waals surface area contributed by atoms with E-state index in [9.17, 15) is 0 Å². The highest BCUT2D eigenvalue weighted by Crippen LogP contribution is 2.26. The molecular formula is C15H22N2S2. The number of hydrogen-bond acceptors (Lipinski definition) is 4. The average molecular weight is 294 g/mol. The number of hydrogen-bond donors (Lipinski definition) is 1. The number of nitrogens with zero attached hydrogens (tertiary/aromatic N) is 1. The molecule has 19 heavy (non-hydrogen) atoms. The molecule has 0 saturated carbocycles. The van der Waals surface area contributed by atoms with E-state index in [-0.39, 0.29) is 0 Å². The molecule has 0 aliphatic heterocycles. The van der Waals surface area contributed by atoms with Gasteiger partial charge in [-0.2, -0.15) is 11.8 Å². The summed E-state index contributed by atoms with van der Waals surface area (Å²) in [6, 6.07) is 9.23. The minimum Gasteiger partial charge on any atom is -0.306 e. The molecule has 4 heteroatoms. The fourth-order valence-electron chi connectivity index (χ4n) is 2.06. The van der Waals surface area contributed by atoms with Gasteiger partial charge in [0.1, 0.15) is 5.01 Å². The number of fused-ring (bicyclic) bond motifs is 1. The van der Waals surface area contributed by atoms with Gasteiger partial charge in [0, 0.05) is 6.04 Å². The number of thioether (sulfide) groups is 1. The summed E-state index contributed by atoms with van der Waals surface area (Å²) >= 11 is 3.81. The van der Waals surface area contributed by atoms with Crippen LogP contribution in [0.3, 0.4) is 0 Å². The maximum absolute atomic E-state index is 4.71. The van der Waals surface area contributed by atoms with Crippen molar-refractivity contribution in [2.24, 2.45) is 0 Å². The first-order valence-corrected chi connectivity index (χ1v) is 8.87. The number of benzene rings is 1. The van der Waals surface area contributed by atoms with Gasteiger partial charge in [-0.1, -0.05) is 19.1 Å². The van der Waals surface area contributed by atoms with E-state index >= 15 is 0 Å². The van der Waals surface area contributed by atoms with Crippen molar-refractivity contribution in [3.63, 3.8) is 0 Å². The standard InChI is InChI=1S/C15H22N2S2/c1-4-18-10-9-11(2)16-12(3)15-17-13-7-5-6-8-14(13)19-15/h5-8,11-12,16H,4,9-10H2,1-3H3. The van der Waals surface area contributed by atoms with E-state index in [1.54, 1.807) is 11.3 Å². The molecule has 2 unspecified atom stereocenters. The van der Waals surface area contributed by atoms with Gasteiger partial charge >= 0.3 is 0 Å². The Kier molecular flexibility index (Phi) is 5.67. The van der Waals surface area contributed by atoms with E-state index in [2.05, 4.69) is 50.4 Å². The first kappa shape index (κ1) is 14.8. The lowest BCUT2D eigenvalue weighted by Crippen LogP contribution is -2.29. The number of nitrogens with one attached hydrogen (secondary N) is 1. The first-order valence-electron chi connectivity index (χ1n) is 6.90. The molecule has 104 valence electrons. The maximum Gasteiger partial charge on any atom is 0.111 e. The van der Waals surface area contributed by atoms with Gasteiger partial charge < -0.3 is 5.32 Å². The highest BCUT2D eigenvalue weighted by atomic mass is 32.2. The topological polar surface area (TPSA) is 24.9 Å². The molecule has 2 nitrogen and oxygen atoms in total. The molecule has 2 aromatic rings. The van der Waals surface area contributed by atoms with Crippen LogP contribution in [-0.2, 0) is 0 Å². The van der Waals surface area contributed by atoms with Crippen molar-refractivity contribution in [3.05, 3.63) is 29.3 Å². The third-order valence-corrected chi connectivity index (χ3v) is 5.27. The first-order chi connectivity index (χ1) is 9.20. The molecule has 0 bridgehead atoms. The van der Waals surface area contributed by atoms with E-state index in [4.69, 9.17) is 4.98 Å². The largest absolute Gasteiger partial charge is 0.306 e. The van der Waals surface area contributed by atoms with Crippen molar-refractivity contribution in [3.8, 4) is 0 Å². The third-order valence-electron chi connectivity index (χ3n) is 3.11. The maximum atomic E-state index is 4.71. The van der Waals surface area contributed by atoms with Crippen molar-refractivity contribution in [2.45, 2.75) is 39.3 Å². The second kappa shape index (κ2) is 7.27. The molecule has 1 heterocycles. The molecule has 0 spiro atoms. The van der Waals surface area contributed by atoms with Crippen molar-refractivity contribution in [1.82, 2.24) is 10.3 Å². The van der Waals surface area contributed by atoms with Crippen LogP contribution in [0.5, 0.6) is 0 Å². The zero-order valence-corrected chi connectivity index (χ0v) is 13.5. The van der Waals surface area contributed by atoms with Gasteiger partial charge in [-0.15, -0.1) is 11.3 Å². The lowest BCUT2D eigenvalue weighted by molar-refractivity contribution is 0.471. The molecular weight excluding hydrogens is 272 g/mol. The lowest BCUT2D eigenvalue weighted by Gasteiger charge is -2.18. The second-order valence-corrected chi connectivity index (χ2v) is 7.25. The Morgan fingerprint density at radius 1 is 1.32 bits per heavy atom. The van der Waals surface area contributed by atoms with Gasteiger partial charge in [0.05, 0.1) is 16.3 Å². The summed E-state index contributed by atoms with van der Waals surface area (Å²) in [6.45, 7) is 6.69. The van der Waals surface area contributed by atoms with E-state index in [0.29, 0.717) is 12.1 Å². The molecule has 1 aromatic carbocycles. The summed E-state index contributed by atoms with van der Waals surface area (Å²) in [4.78, 5) is 4.71. The van der Waals surface area contributed by atoms with Crippen molar-refractivity contribution in [2.75, 3.05) is 11.5 Å². The van der Waals surface area contributed by atoms with Crippen LogP contribution in [0.15, 0.2) is 24.3 Å². The minimum atomic E-state index is 0.332. The Bertz CT molecular complexity index is 477. The normalized spacial score (nSPS) is 14.7. The second-order valence-electron chi connectivity index (χ2n) is 4.79. The van der Waals surface area contributed by atoms with Crippen LogP contribution < -0.4 is 5.32 Å². The van der Waals surface area contributed by atoms with Gasteiger partial charge in [0.15, 0.2) is 0 Å². The molecule has 0 aliphatic carbocycles. The van der Waals surface area contributed by atoms with E-state index in [0.717, 1.165) is 5.52 Å². The van der Waals surface area contributed by atoms with Crippen LogP contribution >= 0.6 is 23.1 Å². The van der Waals surface area contributed by atoms with Crippen molar-refractivity contribution < 1.29 is 0 Å². The Labute approximate surface area is 124 Å². The molecule has 2 rings (SSSR count). The number of aromatic nitrogens is 1. The Balaban J connectivity index is 1.93. The summed E-state index contributed by atoms with van der Waals surface area (Å²) in [5.41, 5.74) is 1.12. The Morgan fingerprint density at radius 2 is 2.11 bits per heavy atom. The predicted octanol–water partition coefficient (Wildman–Crippen LogP) is 4.48. The molecule has 1 N–H and O–H groups in total. The summed E-state index contributed by atoms with van der Waals surface area (Å²) in [6.07, 6.45) is 1.22. The van der Waals surface area contributed by atoms with E-state index in [1.165, 1.54) is 27.6 Å². The van der Waals surface area contributed by atoms with Crippen molar-refractivity contribution >= 4 is 33.3 Å². The molecule has 0 aliphatic rings. The predicted molar refractivity (Wildman–Crippen MR) is 88.2 cm³/mol. The molecule has 0 amide bonds. The lowest BCUT2D eigenvalue weighted by atomic mass is 10.2. The van der Waals surface area contributed by atoms with Crippen LogP contribution in [-0.4, -0.2) is 22.5 Å². The van der Waals surface area contributed by atoms with Gasteiger partial charge in [0.2, 0.25) is 0 Å². The SMILES string of the molecule is CCSCCC(C)NC(C)c1nc2ccccc2s1. The molecule has 0 radical (unpaired) electrons. The number of thiazole rings is 1. The van der Waals surface area contributed by atoms with Gasteiger partial charge in [-0.05, 0) is 43.9 Å². The monoisotopic (exact) mass is 294 g/mol. The number of rotatable bonds is 7. The molecule has 0 saturated heterocycles. The Hall–Kier alpha value is -0.580. The zero-order valence-electron chi connectivity index (χ0n) is 11.8. The van der Waals surface area contributed by atoms with Crippen LogP contribution in [0.25, 0.3) is 10.2 Å². The minimum absolute atomic E-state index is 0.332. The highest BCUT2D eigenvalue weighted by Gasteiger charge is 2.13. The average Bonchev–Trinajstić information content (AvgIpc) is 2.83. The quantitative estimate of drug-likeness (QED) is 0.762. The van der Waals surface area contributed by atoms with Crippen LogP contribution in [0.1, 0.15) is 38.2 Å². The van der Waals surface area contributed by atoms with E-state index in [1.807, 2.05) is 11.8 Å². The smallest absolute Gasteiger partial charge is 0.111 e. The summed E-state index contributed by atoms with van der Waals surface area (Å²) in [7, 11) is 0. The van der Waals surface area contributed by atoms with Gasteiger partial charge in [0.25, 0.3) is 0 Å². The molecule has 0 fully saturated rings. The van der Waals surface area contributed by atoms with Crippen molar-refractivity contribution in [1.29, 1.82) is 0 Å². The molecule has 1 aromatic heterocycles. The van der Waals surface area contributed by atoms with Gasteiger partial charge in [-0.25, -0.2) is 4.98 Å². The third kappa shape index (κ3) is 4.20. The zero-order chi connectivity index (χ0) is 13.7. The fourth-order valence-corrected chi connectivity index (χ4v) is 3.85. The summed E-state index contributed by atoms with van der Waals surface area (Å²) in [5, 5.41) is 4.84. The summed E-state index contributed by atoms with van der Waals surface area (Å²) in [5.74, 6) is 2.44.